The Morgan fingerprint density at radius 3 is 2.11 bits per heavy atom. The van der Waals surface area contributed by atoms with Crippen molar-refractivity contribution in [2.24, 2.45) is 0 Å². The Morgan fingerprint density at radius 2 is 1.44 bits per heavy atom. The summed E-state index contributed by atoms with van der Waals surface area (Å²) in [4.78, 5) is 0. The van der Waals surface area contributed by atoms with Crippen molar-refractivity contribution in [3.8, 4) is 11.5 Å². The summed E-state index contributed by atoms with van der Waals surface area (Å²) in [7, 11) is -0.739. The van der Waals surface area contributed by atoms with Gasteiger partial charge in [-0.2, -0.15) is 0 Å². The normalized spacial score (nSPS) is 26.8. The molecule has 0 saturated carbocycles. The molecule has 4 heteroatoms. The van der Waals surface area contributed by atoms with E-state index < -0.39 is 0 Å². The van der Waals surface area contributed by atoms with Gasteiger partial charge in [-0.25, -0.2) is 0 Å². The Hall–Kier alpha value is -1.10. The summed E-state index contributed by atoms with van der Waals surface area (Å²) in [5, 5.41) is 2.86. The fraction of sp³-hybridized carbons (Fsp3) is 0.478. The van der Waals surface area contributed by atoms with Crippen LogP contribution >= 0.6 is 15.8 Å². The monoisotopic (exact) mass is 400 g/mol. The highest BCUT2D eigenvalue weighted by atomic mass is 31.1. The third-order valence-corrected chi connectivity index (χ3v) is 11.3. The van der Waals surface area contributed by atoms with Gasteiger partial charge in [0.05, 0.1) is 0 Å². The second-order valence-corrected chi connectivity index (χ2v) is 12.3. The largest absolute Gasteiger partial charge is 0.481 e. The van der Waals surface area contributed by atoms with Crippen LogP contribution in [0.2, 0.25) is 0 Å². The number of para-hydroxylation sites is 2. The fourth-order valence-electron chi connectivity index (χ4n) is 4.33. The Morgan fingerprint density at radius 1 is 0.815 bits per heavy atom. The molecule has 2 aromatic carbocycles. The van der Waals surface area contributed by atoms with Crippen LogP contribution in [0.5, 0.6) is 11.5 Å². The Bertz CT molecular complexity index is 778. The Balaban J connectivity index is 1.67. The van der Waals surface area contributed by atoms with Gasteiger partial charge < -0.3 is 9.47 Å². The third kappa shape index (κ3) is 3.64. The Labute approximate surface area is 166 Å². The molecule has 0 saturated heterocycles. The number of benzene rings is 2. The van der Waals surface area contributed by atoms with E-state index >= 15 is 0 Å². The highest BCUT2D eigenvalue weighted by Gasteiger charge is 2.48. The lowest BCUT2D eigenvalue weighted by Gasteiger charge is -2.32. The van der Waals surface area contributed by atoms with Gasteiger partial charge in [0.15, 0.2) is 11.7 Å². The second-order valence-electron chi connectivity index (χ2n) is 7.56. The number of fused-ring (bicyclic) bond motifs is 2. The molecule has 0 N–H and O–H groups in total. The van der Waals surface area contributed by atoms with Crippen LogP contribution in [0.1, 0.15) is 46.0 Å². The van der Waals surface area contributed by atoms with Crippen molar-refractivity contribution in [2.45, 2.75) is 63.3 Å². The minimum Gasteiger partial charge on any atom is -0.481 e. The summed E-state index contributed by atoms with van der Waals surface area (Å²) >= 11 is 0. The van der Waals surface area contributed by atoms with E-state index in [0.29, 0.717) is 0 Å². The van der Waals surface area contributed by atoms with E-state index in [4.69, 9.17) is 9.47 Å². The molecule has 2 aliphatic rings. The molecule has 5 atom stereocenters. The topological polar surface area (TPSA) is 18.5 Å². The van der Waals surface area contributed by atoms with Crippen molar-refractivity contribution in [1.29, 1.82) is 0 Å². The Kier molecular flexibility index (Phi) is 6.05. The van der Waals surface area contributed by atoms with Crippen LogP contribution in [0.15, 0.2) is 48.5 Å². The number of unbranched alkanes of at least 4 members (excludes halogenated alkanes) is 1. The highest BCUT2D eigenvalue weighted by molar-refractivity contribution is 7.71. The smallest absolute Gasteiger partial charge is 0.162 e. The summed E-state index contributed by atoms with van der Waals surface area (Å²) in [5.74, 6) is 2.55. The standard InChI is InChI=1S/C23H30O2P2/c1-4-6-12-17(11-5-2)27-21-16-10-8-14-19(21)25-23(27)22-24-18-13-7-9-15-20(18)26(22)3/h7-10,13-17,22-23H,4-6,11-12H2,1-3H3/t17?,22-,23-,26-,27-/m1/s1. The van der Waals surface area contributed by atoms with Crippen molar-refractivity contribution in [3.05, 3.63) is 48.5 Å². The van der Waals surface area contributed by atoms with E-state index in [9.17, 15) is 0 Å². The number of hydrogen-bond donors (Lipinski definition) is 0. The summed E-state index contributed by atoms with van der Waals surface area (Å²) in [6, 6.07) is 17.3. The molecule has 27 heavy (non-hydrogen) atoms. The molecule has 2 heterocycles. The summed E-state index contributed by atoms with van der Waals surface area (Å²) < 4.78 is 13.1. The first-order valence-electron chi connectivity index (χ1n) is 10.3. The average molecular weight is 400 g/mol. The van der Waals surface area contributed by atoms with Gasteiger partial charge in [0, 0.05) is 10.6 Å². The summed E-state index contributed by atoms with van der Waals surface area (Å²) in [6.45, 7) is 6.99. The highest BCUT2D eigenvalue weighted by Crippen LogP contribution is 2.62. The first-order valence-corrected chi connectivity index (χ1v) is 13.6. The van der Waals surface area contributed by atoms with E-state index in [1.807, 2.05) is 0 Å². The predicted molar refractivity (Wildman–Crippen MR) is 119 cm³/mol. The van der Waals surface area contributed by atoms with Crippen molar-refractivity contribution in [2.75, 3.05) is 6.66 Å². The molecule has 0 aliphatic carbocycles. The second kappa shape index (κ2) is 8.50. The van der Waals surface area contributed by atoms with Gasteiger partial charge >= 0.3 is 0 Å². The quantitative estimate of drug-likeness (QED) is 0.529. The zero-order valence-electron chi connectivity index (χ0n) is 16.6. The van der Waals surface area contributed by atoms with Crippen LogP contribution in [0.3, 0.4) is 0 Å². The molecular weight excluding hydrogens is 370 g/mol. The van der Waals surface area contributed by atoms with E-state index in [1.165, 1.54) is 42.7 Å². The molecule has 144 valence electrons. The maximum Gasteiger partial charge on any atom is 0.162 e. The molecule has 0 aromatic heterocycles. The van der Waals surface area contributed by atoms with Crippen LogP contribution in [-0.4, -0.2) is 24.0 Å². The number of ether oxygens (including phenoxy) is 2. The average Bonchev–Trinajstić information content (AvgIpc) is 3.23. The molecule has 2 aliphatic heterocycles. The molecule has 1 unspecified atom stereocenters. The zero-order valence-corrected chi connectivity index (χ0v) is 18.4. The van der Waals surface area contributed by atoms with Crippen molar-refractivity contribution >= 4 is 26.5 Å². The van der Waals surface area contributed by atoms with Crippen molar-refractivity contribution < 1.29 is 9.47 Å². The summed E-state index contributed by atoms with van der Waals surface area (Å²) in [5.41, 5.74) is 0.731. The van der Waals surface area contributed by atoms with Gasteiger partial charge in [-0.1, -0.05) is 69.5 Å². The SMILES string of the molecule is CCCCC(CCC)[P@]1c2ccccc2O[C@H]1[C@@H]1Oc2ccccc2[P@@]1C. The molecule has 4 rings (SSSR count). The maximum absolute atomic E-state index is 6.63. The van der Waals surface area contributed by atoms with Gasteiger partial charge in [0.2, 0.25) is 0 Å². The van der Waals surface area contributed by atoms with Crippen LogP contribution in [0.4, 0.5) is 0 Å². The minimum atomic E-state index is -0.377. The van der Waals surface area contributed by atoms with Crippen LogP contribution in [-0.2, 0) is 0 Å². The molecule has 2 nitrogen and oxygen atoms in total. The van der Waals surface area contributed by atoms with Gasteiger partial charge in [0.25, 0.3) is 0 Å². The van der Waals surface area contributed by atoms with Crippen molar-refractivity contribution in [3.63, 3.8) is 0 Å². The lowest BCUT2D eigenvalue weighted by molar-refractivity contribution is 0.173. The molecule has 0 amide bonds. The number of hydrogen-bond acceptors (Lipinski definition) is 2. The molecule has 0 radical (unpaired) electrons. The van der Waals surface area contributed by atoms with Gasteiger partial charge in [-0.05, 0) is 53.1 Å². The lowest BCUT2D eigenvalue weighted by atomic mass is 10.1. The van der Waals surface area contributed by atoms with E-state index in [-0.39, 0.29) is 27.5 Å². The molecular formula is C23H30O2P2. The third-order valence-electron chi connectivity index (χ3n) is 5.69. The van der Waals surface area contributed by atoms with Crippen LogP contribution in [0.25, 0.3) is 0 Å². The molecule has 0 spiro atoms. The maximum atomic E-state index is 6.63. The van der Waals surface area contributed by atoms with Gasteiger partial charge in [0.1, 0.15) is 11.5 Å². The van der Waals surface area contributed by atoms with Crippen LogP contribution < -0.4 is 20.1 Å². The minimum absolute atomic E-state index is 0.178. The van der Waals surface area contributed by atoms with Gasteiger partial charge in [-0.3, -0.25) is 0 Å². The molecule has 0 fully saturated rings. The van der Waals surface area contributed by atoms with E-state index in [0.717, 1.165) is 17.2 Å². The van der Waals surface area contributed by atoms with E-state index in [1.54, 1.807) is 0 Å². The molecule has 2 aromatic rings. The molecule has 0 bridgehead atoms. The predicted octanol–water partition coefficient (Wildman–Crippen LogP) is 6.03. The van der Waals surface area contributed by atoms with Crippen LogP contribution in [0, 0.1) is 0 Å². The van der Waals surface area contributed by atoms with E-state index in [2.05, 4.69) is 69.0 Å². The fourth-order valence-corrected chi connectivity index (χ4v) is 10.4. The lowest BCUT2D eigenvalue weighted by Crippen LogP contribution is -2.32. The number of rotatable bonds is 7. The van der Waals surface area contributed by atoms with Crippen molar-refractivity contribution in [1.82, 2.24) is 0 Å². The summed E-state index contributed by atoms with van der Waals surface area (Å²) in [6.07, 6.45) is 6.43. The zero-order chi connectivity index (χ0) is 18.8. The first-order chi connectivity index (χ1) is 13.2. The first kappa shape index (κ1) is 19.2. The van der Waals surface area contributed by atoms with Gasteiger partial charge in [-0.15, -0.1) is 0 Å².